The molecule has 0 unspecified atom stereocenters. The standard InChI is InChI=1S/C27H19ClN2O2S2/c28-20-10-14-24(15-11-20)33-23-12-8-19(9-13-23)17-25-26(31)30(18-22-7-4-16-32-22)27(34-25)29-21-5-2-1-3-6-21/h1-17H,18H2/b25-17-,29-27?. The molecule has 4 aromatic rings. The molecule has 5 rings (SSSR count). The summed E-state index contributed by atoms with van der Waals surface area (Å²) in [6.45, 7) is 0.332. The Balaban J connectivity index is 1.38. The second kappa shape index (κ2) is 10.4. The molecule has 4 nitrogen and oxygen atoms in total. The maximum absolute atomic E-state index is 13.3. The molecule has 0 N–H and O–H groups in total. The first-order valence-electron chi connectivity index (χ1n) is 10.5. The summed E-state index contributed by atoms with van der Waals surface area (Å²) in [5, 5.41) is 1.36. The third kappa shape index (κ3) is 5.47. The second-order valence-electron chi connectivity index (χ2n) is 7.44. The van der Waals surface area contributed by atoms with Crippen molar-refractivity contribution >= 4 is 58.0 Å². The van der Waals surface area contributed by atoms with E-state index in [4.69, 9.17) is 21.0 Å². The number of halogens is 1. The van der Waals surface area contributed by atoms with Crippen molar-refractivity contribution in [3.8, 4) is 0 Å². The summed E-state index contributed by atoms with van der Waals surface area (Å²) in [6, 6.07) is 29.2. The van der Waals surface area contributed by atoms with Gasteiger partial charge in [-0.1, -0.05) is 53.7 Å². The molecule has 0 atom stereocenters. The number of thioether (sulfide) groups is 1. The molecule has 0 bridgehead atoms. The molecule has 1 saturated heterocycles. The van der Waals surface area contributed by atoms with E-state index in [9.17, 15) is 4.79 Å². The highest BCUT2D eigenvalue weighted by atomic mass is 35.5. The molecule has 34 heavy (non-hydrogen) atoms. The van der Waals surface area contributed by atoms with Gasteiger partial charge in [0.25, 0.3) is 5.91 Å². The van der Waals surface area contributed by atoms with Gasteiger partial charge in [-0.15, -0.1) is 0 Å². The minimum Gasteiger partial charge on any atom is -0.467 e. The molecule has 0 radical (unpaired) electrons. The number of amidine groups is 1. The largest absolute Gasteiger partial charge is 0.467 e. The van der Waals surface area contributed by atoms with E-state index in [-0.39, 0.29) is 5.91 Å². The van der Waals surface area contributed by atoms with Gasteiger partial charge in [0.1, 0.15) is 5.76 Å². The Bertz CT molecular complexity index is 1330. The average molecular weight is 503 g/mol. The maximum atomic E-state index is 13.3. The number of hydrogen-bond donors (Lipinski definition) is 0. The average Bonchev–Trinajstić information content (AvgIpc) is 3.47. The molecule has 2 heterocycles. The second-order valence-corrected chi connectivity index (χ2v) is 10.0. The number of para-hydroxylation sites is 1. The van der Waals surface area contributed by atoms with Gasteiger partial charge in [0.2, 0.25) is 0 Å². The van der Waals surface area contributed by atoms with Crippen molar-refractivity contribution in [2.45, 2.75) is 16.3 Å². The molecule has 0 saturated carbocycles. The van der Waals surface area contributed by atoms with Gasteiger partial charge in [-0.25, -0.2) is 4.99 Å². The van der Waals surface area contributed by atoms with Gasteiger partial charge < -0.3 is 4.42 Å². The van der Waals surface area contributed by atoms with Crippen molar-refractivity contribution in [2.75, 3.05) is 0 Å². The molecule has 0 aliphatic carbocycles. The van der Waals surface area contributed by atoms with Crippen LogP contribution in [0.5, 0.6) is 0 Å². The van der Waals surface area contributed by atoms with Gasteiger partial charge in [-0.2, -0.15) is 0 Å². The molecule has 1 aliphatic heterocycles. The van der Waals surface area contributed by atoms with Crippen LogP contribution in [0.25, 0.3) is 6.08 Å². The van der Waals surface area contributed by atoms with Gasteiger partial charge >= 0.3 is 0 Å². The van der Waals surface area contributed by atoms with E-state index in [2.05, 4.69) is 12.1 Å². The Morgan fingerprint density at radius 1 is 0.912 bits per heavy atom. The summed E-state index contributed by atoms with van der Waals surface area (Å²) in [4.78, 5) is 22.5. The number of rotatable bonds is 6. The summed E-state index contributed by atoms with van der Waals surface area (Å²) < 4.78 is 5.48. The van der Waals surface area contributed by atoms with Crippen molar-refractivity contribution < 1.29 is 9.21 Å². The minimum atomic E-state index is -0.0873. The van der Waals surface area contributed by atoms with Crippen LogP contribution >= 0.6 is 35.1 Å². The topological polar surface area (TPSA) is 45.8 Å². The van der Waals surface area contributed by atoms with E-state index < -0.39 is 0 Å². The predicted octanol–water partition coefficient (Wildman–Crippen LogP) is 7.89. The normalized spacial score (nSPS) is 16.0. The molecule has 1 aliphatic rings. The number of hydrogen-bond acceptors (Lipinski definition) is 5. The summed E-state index contributed by atoms with van der Waals surface area (Å²) in [5.74, 6) is 0.621. The zero-order valence-electron chi connectivity index (χ0n) is 17.9. The number of carbonyl (C=O) groups excluding carboxylic acids is 1. The van der Waals surface area contributed by atoms with Crippen molar-refractivity contribution in [1.29, 1.82) is 0 Å². The van der Waals surface area contributed by atoms with Crippen molar-refractivity contribution in [3.05, 3.63) is 119 Å². The number of furan rings is 1. The van der Waals surface area contributed by atoms with Crippen LogP contribution in [-0.4, -0.2) is 16.0 Å². The van der Waals surface area contributed by atoms with Crippen molar-refractivity contribution in [2.24, 2.45) is 4.99 Å². The van der Waals surface area contributed by atoms with E-state index in [1.54, 1.807) is 22.9 Å². The predicted molar refractivity (Wildman–Crippen MR) is 140 cm³/mol. The van der Waals surface area contributed by atoms with E-state index in [0.29, 0.717) is 22.4 Å². The first kappa shape index (κ1) is 22.6. The van der Waals surface area contributed by atoms with E-state index in [1.165, 1.54) is 11.8 Å². The molecule has 7 heteroatoms. The maximum Gasteiger partial charge on any atom is 0.267 e. The fourth-order valence-electron chi connectivity index (χ4n) is 3.32. The molecule has 1 aromatic heterocycles. The Hall–Kier alpha value is -3.19. The number of amides is 1. The Kier molecular flexibility index (Phi) is 6.90. The third-order valence-corrected chi connectivity index (χ3v) is 7.26. The SMILES string of the molecule is O=C1/C(=C/c2ccc(Sc3ccc(Cl)cc3)cc2)SC(=Nc2ccccc2)N1Cc1ccco1. The molecular weight excluding hydrogens is 484 g/mol. The van der Waals surface area contributed by atoms with Crippen LogP contribution in [-0.2, 0) is 11.3 Å². The number of aliphatic imine (C=N–C) groups is 1. The first-order valence-corrected chi connectivity index (χ1v) is 12.6. The third-order valence-electron chi connectivity index (χ3n) is 4.99. The van der Waals surface area contributed by atoms with Crippen molar-refractivity contribution in [3.63, 3.8) is 0 Å². The first-order chi connectivity index (χ1) is 16.6. The Morgan fingerprint density at radius 2 is 1.62 bits per heavy atom. The number of carbonyl (C=O) groups is 1. The lowest BCUT2D eigenvalue weighted by atomic mass is 10.2. The van der Waals surface area contributed by atoms with Gasteiger partial charge in [0.15, 0.2) is 5.17 Å². The fraction of sp³-hybridized carbons (Fsp3) is 0.0370. The lowest BCUT2D eigenvalue weighted by Crippen LogP contribution is -2.28. The molecule has 168 valence electrons. The zero-order valence-corrected chi connectivity index (χ0v) is 20.3. The van der Waals surface area contributed by atoms with Crippen LogP contribution in [0.15, 0.2) is 121 Å². The quantitative estimate of drug-likeness (QED) is 0.251. The monoisotopic (exact) mass is 502 g/mol. The fourth-order valence-corrected chi connectivity index (χ4v) is 5.26. The highest BCUT2D eigenvalue weighted by Gasteiger charge is 2.34. The Labute approximate surface area is 211 Å². The van der Waals surface area contributed by atoms with Crippen LogP contribution in [0.1, 0.15) is 11.3 Å². The van der Waals surface area contributed by atoms with Crippen LogP contribution < -0.4 is 0 Å². The van der Waals surface area contributed by atoms with Crippen LogP contribution in [0, 0.1) is 0 Å². The molecule has 0 spiro atoms. The summed E-state index contributed by atoms with van der Waals surface area (Å²) in [6.07, 6.45) is 3.52. The van der Waals surface area contributed by atoms with Crippen molar-refractivity contribution in [1.82, 2.24) is 4.90 Å². The summed E-state index contributed by atoms with van der Waals surface area (Å²) in [7, 11) is 0. The number of benzene rings is 3. The lowest BCUT2D eigenvalue weighted by Gasteiger charge is -2.13. The summed E-state index contributed by atoms with van der Waals surface area (Å²) in [5.41, 5.74) is 1.75. The van der Waals surface area contributed by atoms with E-state index in [1.807, 2.05) is 84.9 Å². The molecule has 3 aromatic carbocycles. The van der Waals surface area contributed by atoms with Crippen LogP contribution in [0.2, 0.25) is 5.02 Å². The smallest absolute Gasteiger partial charge is 0.267 e. The van der Waals surface area contributed by atoms with Gasteiger partial charge in [-0.3, -0.25) is 9.69 Å². The van der Waals surface area contributed by atoms with Gasteiger partial charge in [0, 0.05) is 14.8 Å². The highest BCUT2D eigenvalue weighted by Crippen LogP contribution is 2.36. The lowest BCUT2D eigenvalue weighted by molar-refractivity contribution is -0.122. The van der Waals surface area contributed by atoms with Gasteiger partial charge in [0.05, 0.1) is 23.4 Å². The zero-order chi connectivity index (χ0) is 23.3. The Morgan fingerprint density at radius 3 is 2.29 bits per heavy atom. The molecular formula is C27H19ClN2O2S2. The molecule has 1 fully saturated rings. The van der Waals surface area contributed by atoms with Crippen LogP contribution in [0.4, 0.5) is 5.69 Å². The number of nitrogens with zero attached hydrogens (tertiary/aromatic N) is 2. The molecule has 1 amide bonds. The van der Waals surface area contributed by atoms with Gasteiger partial charge in [-0.05, 0) is 84.1 Å². The summed E-state index contributed by atoms with van der Waals surface area (Å²) >= 11 is 9.01. The minimum absolute atomic E-state index is 0.0873. The highest BCUT2D eigenvalue weighted by molar-refractivity contribution is 8.18. The van der Waals surface area contributed by atoms with E-state index in [0.717, 1.165) is 26.1 Å². The van der Waals surface area contributed by atoms with Crippen LogP contribution in [0.3, 0.4) is 0 Å². The van der Waals surface area contributed by atoms with E-state index >= 15 is 0 Å².